The number of halogens is 3. The number of nitrogens with zero attached hydrogens (tertiary/aromatic N) is 2. The molecule has 2 rings (SSSR count). The van der Waals surface area contributed by atoms with Gasteiger partial charge in [-0.05, 0) is 12.5 Å². The second-order valence-corrected chi connectivity index (χ2v) is 4.37. The molecule has 0 amide bonds. The molecule has 0 saturated heterocycles. The molecule has 0 aliphatic heterocycles. The van der Waals surface area contributed by atoms with Crippen LogP contribution in [0.25, 0.3) is 10.2 Å². The molecule has 0 N–H and O–H groups in total. The minimum atomic E-state index is -4.37. The average molecular weight is 234 g/mol. The highest BCUT2D eigenvalue weighted by Gasteiger charge is 2.37. The number of rotatable bonds is 1. The van der Waals surface area contributed by atoms with Crippen molar-refractivity contribution in [2.24, 2.45) is 7.05 Å². The van der Waals surface area contributed by atoms with E-state index in [4.69, 9.17) is 0 Å². The van der Waals surface area contributed by atoms with Crippen molar-refractivity contribution in [3.8, 4) is 0 Å². The zero-order chi connectivity index (χ0) is 11.2. The third-order valence-electron chi connectivity index (χ3n) is 2.18. The Morgan fingerprint density at radius 1 is 1.47 bits per heavy atom. The number of aryl methyl sites for hydroxylation is 2. The van der Waals surface area contributed by atoms with Crippen LogP contribution in [-0.4, -0.2) is 9.78 Å². The number of alkyl halides is 3. The molecule has 2 heterocycles. The third-order valence-corrected chi connectivity index (χ3v) is 3.53. The van der Waals surface area contributed by atoms with Crippen LogP contribution in [0.1, 0.15) is 17.5 Å². The normalized spacial score (nSPS) is 12.6. The number of fused-ring (bicyclic) bond motifs is 1. The highest BCUT2D eigenvalue weighted by Crippen LogP contribution is 2.37. The standard InChI is InChI=1S/C9H9F3N2S/c1-3-5-4-6-7(9(10,11)12)13-14(2)8(6)15-5/h4H,3H2,1-2H3. The zero-order valence-electron chi connectivity index (χ0n) is 8.22. The van der Waals surface area contributed by atoms with Gasteiger partial charge in [0.1, 0.15) is 4.83 Å². The van der Waals surface area contributed by atoms with Crippen LogP contribution in [0.4, 0.5) is 13.2 Å². The van der Waals surface area contributed by atoms with Crippen LogP contribution in [0, 0.1) is 0 Å². The Morgan fingerprint density at radius 3 is 2.67 bits per heavy atom. The molecule has 15 heavy (non-hydrogen) atoms. The summed E-state index contributed by atoms with van der Waals surface area (Å²) in [5.41, 5.74) is -0.782. The van der Waals surface area contributed by atoms with Crippen molar-refractivity contribution >= 4 is 21.6 Å². The van der Waals surface area contributed by atoms with Crippen LogP contribution in [0.3, 0.4) is 0 Å². The van der Waals surface area contributed by atoms with Gasteiger partial charge in [0, 0.05) is 17.3 Å². The topological polar surface area (TPSA) is 17.8 Å². The average Bonchev–Trinajstić information content (AvgIpc) is 2.65. The lowest BCUT2D eigenvalue weighted by Crippen LogP contribution is -2.07. The van der Waals surface area contributed by atoms with Crippen molar-refractivity contribution in [3.63, 3.8) is 0 Å². The maximum absolute atomic E-state index is 12.6. The molecule has 2 aromatic heterocycles. The summed E-state index contributed by atoms with van der Waals surface area (Å²) < 4.78 is 39.0. The number of aromatic nitrogens is 2. The van der Waals surface area contributed by atoms with E-state index in [0.29, 0.717) is 4.83 Å². The molecule has 0 bridgehead atoms. The molecule has 0 unspecified atom stereocenters. The number of hydrogen-bond donors (Lipinski definition) is 0. The maximum atomic E-state index is 12.6. The highest BCUT2D eigenvalue weighted by molar-refractivity contribution is 7.18. The predicted molar refractivity (Wildman–Crippen MR) is 53.0 cm³/mol. The van der Waals surface area contributed by atoms with Gasteiger partial charge in [-0.1, -0.05) is 6.92 Å². The molecule has 0 atom stereocenters. The summed E-state index contributed by atoms with van der Waals surface area (Å²) in [6.45, 7) is 1.92. The molecule has 0 radical (unpaired) electrons. The van der Waals surface area contributed by atoms with Crippen LogP contribution in [0.15, 0.2) is 6.07 Å². The molecule has 0 aliphatic carbocycles. The largest absolute Gasteiger partial charge is 0.435 e. The van der Waals surface area contributed by atoms with Crippen LogP contribution in [-0.2, 0) is 19.6 Å². The van der Waals surface area contributed by atoms with Crippen molar-refractivity contribution in [2.45, 2.75) is 19.5 Å². The van der Waals surface area contributed by atoms with E-state index < -0.39 is 11.9 Å². The second-order valence-electron chi connectivity index (χ2n) is 3.26. The van der Waals surface area contributed by atoms with E-state index >= 15 is 0 Å². The predicted octanol–water partition coefficient (Wildman–Crippen LogP) is 3.22. The molecule has 0 fully saturated rings. The van der Waals surface area contributed by atoms with Crippen molar-refractivity contribution < 1.29 is 13.2 Å². The summed E-state index contributed by atoms with van der Waals surface area (Å²) in [5, 5.41) is 3.71. The molecule has 0 saturated carbocycles. The van der Waals surface area contributed by atoms with Gasteiger partial charge in [-0.25, -0.2) is 0 Å². The first-order valence-electron chi connectivity index (χ1n) is 4.46. The molecular weight excluding hydrogens is 225 g/mol. The minimum absolute atomic E-state index is 0.215. The Hall–Kier alpha value is -1.04. The Balaban J connectivity index is 2.70. The molecule has 0 aliphatic rings. The molecule has 0 aromatic carbocycles. The van der Waals surface area contributed by atoms with Gasteiger partial charge in [0.15, 0.2) is 5.69 Å². The Kier molecular flexibility index (Phi) is 2.26. The van der Waals surface area contributed by atoms with Crippen molar-refractivity contribution in [1.82, 2.24) is 9.78 Å². The molecule has 2 aromatic rings. The highest BCUT2D eigenvalue weighted by atomic mass is 32.1. The fourth-order valence-corrected chi connectivity index (χ4v) is 2.48. The summed E-state index contributed by atoms with van der Waals surface area (Å²) in [7, 11) is 1.54. The second kappa shape index (κ2) is 3.23. The van der Waals surface area contributed by atoms with Crippen molar-refractivity contribution in [1.29, 1.82) is 0 Å². The van der Waals surface area contributed by atoms with Gasteiger partial charge in [0.05, 0.1) is 0 Å². The van der Waals surface area contributed by atoms with E-state index in [0.717, 1.165) is 11.3 Å². The monoisotopic (exact) mass is 234 g/mol. The SMILES string of the molecule is CCc1cc2c(C(F)(F)F)nn(C)c2s1. The Morgan fingerprint density at radius 2 is 2.13 bits per heavy atom. The molecule has 0 spiro atoms. The molecular formula is C9H9F3N2S. The zero-order valence-corrected chi connectivity index (χ0v) is 9.04. The number of thiophene rings is 1. The van der Waals surface area contributed by atoms with E-state index in [-0.39, 0.29) is 5.39 Å². The molecule has 2 nitrogen and oxygen atoms in total. The summed E-state index contributed by atoms with van der Waals surface area (Å²) in [6, 6.07) is 1.58. The Labute approximate surface area is 88.3 Å². The quantitative estimate of drug-likeness (QED) is 0.740. The van der Waals surface area contributed by atoms with Gasteiger partial charge in [-0.3, -0.25) is 4.68 Å². The summed E-state index contributed by atoms with van der Waals surface area (Å²) in [5.74, 6) is 0. The van der Waals surface area contributed by atoms with E-state index in [9.17, 15) is 13.2 Å². The molecule has 6 heteroatoms. The fraction of sp³-hybridized carbons (Fsp3) is 0.444. The minimum Gasteiger partial charge on any atom is -0.257 e. The fourth-order valence-electron chi connectivity index (χ4n) is 1.47. The summed E-state index contributed by atoms with van der Waals surface area (Å²) in [4.78, 5) is 1.53. The van der Waals surface area contributed by atoms with Crippen LogP contribution < -0.4 is 0 Å². The smallest absolute Gasteiger partial charge is 0.257 e. The lowest BCUT2D eigenvalue weighted by molar-refractivity contribution is -0.140. The Bertz CT molecular complexity index is 495. The van der Waals surface area contributed by atoms with Crippen LogP contribution in [0.2, 0.25) is 0 Å². The van der Waals surface area contributed by atoms with Crippen molar-refractivity contribution in [3.05, 3.63) is 16.6 Å². The van der Waals surface area contributed by atoms with Gasteiger partial charge in [0.2, 0.25) is 0 Å². The van der Waals surface area contributed by atoms with E-state index in [1.165, 1.54) is 23.1 Å². The van der Waals surface area contributed by atoms with Crippen molar-refractivity contribution in [2.75, 3.05) is 0 Å². The van der Waals surface area contributed by atoms with Gasteiger partial charge in [-0.2, -0.15) is 18.3 Å². The molecule has 82 valence electrons. The summed E-state index contributed by atoms with van der Waals surface area (Å²) in [6.07, 6.45) is -3.62. The summed E-state index contributed by atoms with van der Waals surface area (Å²) >= 11 is 1.36. The van der Waals surface area contributed by atoms with Gasteiger partial charge < -0.3 is 0 Å². The lowest BCUT2D eigenvalue weighted by Gasteiger charge is -2.00. The van der Waals surface area contributed by atoms with Gasteiger partial charge in [0.25, 0.3) is 0 Å². The number of hydrogen-bond acceptors (Lipinski definition) is 2. The van der Waals surface area contributed by atoms with Crippen LogP contribution >= 0.6 is 11.3 Å². The van der Waals surface area contributed by atoms with E-state index in [2.05, 4.69) is 5.10 Å². The first kappa shape index (κ1) is 10.5. The first-order chi connectivity index (χ1) is 6.93. The van der Waals surface area contributed by atoms with Gasteiger partial charge in [-0.15, -0.1) is 11.3 Å². The third kappa shape index (κ3) is 1.62. The first-order valence-corrected chi connectivity index (χ1v) is 5.27. The van der Waals surface area contributed by atoms with E-state index in [1.54, 1.807) is 6.07 Å². The van der Waals surface area contributed by atoms with Crippen LogP contribution in [0.5, 0.6) is 0 Å². The maximum Gasteiger partial charge on any atom is 0.435 e. The van der Waals surface area contributed by atoms with Gasteiger partial charge >= 0.3 is 6.18 Å². The van der Waals surface area contributed by atoms with E-state index in [1.807, 2.05) is 6.92 Å². The lowest BCUT2D eigenvalue weighted by atomic mass is 10.2.